The summed E-state index contributed by atoms with van der Waals surface area (Å²) >= 11 is 0. The third-order valence-electron chi connectivity index (χ3n) is 4.32. The number of methoxy groups -OCH3 is 1. The number of nitrogens with zero attached hydrogens (tertiary/aromatic N) is 4. The summed E-state index contributed by atoms with van der Waals surface area (Å²) in [4.78, 5) is 36.4. The lowest BCUT2D eigenvalue weighted by atomic mass is 10.2. The number of carbonyl (C=O) groups excluding carboxylic acids is 2. The number of aromatic nitrogens is 2. The van der Waals surface area contributed by atoms with Crippen LogP contribution in [0, 0.1) is 0 Å². The summed E-state index contributed by atoms with van der Waals surface area (Å²) in [6.07, 6.45) is 2.69. The Morgan fingerprint density at radius 2 is 1.86 bits per heavy atom. The zero-order valence-electron chi connectivity index (χ0n) is 15.9. The molecule has 1 aliphatic rings. The molecule has 3 rings (SSSR count). The first kappa shape index (κ1) is 19.4. The molecule has 1 fully saturated rings. The van der Waals surface area contributed by atoms with Crippen molar-refractivity contribution in [2.24, 2.45) is 0 Å². The first-order valence-electron chi connectivity index (χ1n) is 9.04. The van der Waals surface area contributed by atoms with E-state index in [2.05, 4.69) is 15.3 Å². The Morgan fingerprint density at radius 1 is 1.14 bits per heavy atom. The van der Waals surface area contributed by atoms with Crippen molar-refractivity contribution in [3.8, 4) is 5.75 Å². The highest BCUT2D eigenvalue weighted by Crippen LogP contribution is 2.18. The van der Waals surface area contributed by atoms with Gasteiger partial charge in [-0.3, -0.25) is 4.79 Å². The Labute approximate surface area is 163 Å². The molecule has 1 aromatic heterocycles. The summed E-state index contributed by atoms with van der Waals surface area (Å²) in [6, 6.07) is 7.11. The molecule has 1 N–H and O–H groups in total. The highest BCUT2D eigenvalue weighted by Gasteiger charge is 2.23. The van der Waals surface area contributed by atoms with Crippen molar-refractivity contribution in [2.45, 2.75) is 6.92 Å². The van der Waals surface area contributed by atoms with Gasteiger partial charge in [0, 0.05) is 50.3 Å². The number of anilines is 2. The Morgan fingerprint density at radius 3 is 2.50 bits per heavy atom. The van der Waals surface area contributed by atoms with E-state index in [9.17, 15) is 9.59 Å². The molecule has 9 nitrogen and oxygen atoms in total. The number of rotatable bonds is 5. The molecule has 1 aromatic carbocycles. The predicted molar refractivity (Wildman–Crippen MR) is 104 cm³/mol. The SMILES string of the molecule is CCOC(=O)N1CCN(c2ncc(C(=O)Nc3cccc(OC)c3)cn2)CC1. The average Bonchev–Trinajstić information content (AvgIpc) is 2.74. The lowest BCUT2D eigenvalue weighted by Crippen LogP contribution is -2.49. The number of ether oxygens (including phenoxy) is 2. The lowest BCUT2D eigenvalue weighted by Gasteiger charge is -2.33. The molecule has 0 radical (unpaired) electrons. The number of amides is 2. The fourth-order valence-corrected chi connectivity index (χ4v) is 2.81. The smallest absolute Gasteiger partial charge is 0.409 e. The van der Waals surface area contributed by atoms with Gasteiger partial charge < -0.3 is 24.6 Å². The highest BCUT2D eigenvalue weighted by molar-refractivity contribution is 6.04. The number of benzene rings is 1. The van der Waals surface area contributed by atoms with Gasteiger partial charge >= 0.3 is 6.09 Å². The molecule has 9 heteroatoms. The normalized spacial score (nSPS) is 13.8. The molecule has 28 heavy (non-hydrogen) atoms. The number of hydrogen-bond donors (Lipinski definition) is 1. The minimum absolute atomic E-state index is 0.298. The van der Waals surface area contributed by atoms with E-state index in [0.717, 1.165) is 0 Å². The van der Waals surface area contributed by atoms with Crippen molar-refractivity contribution in [1.82, 2.24) is 14.9 Å². The van der Waals surface area contributed by atoms with Gasteiger partial charge in [-0.2, -0.15) is 0 Å². The van der Waals surface area contributed by atoms with Crippen LogP contribution in [0.25, 0.3) is 0 Å². The molecule has 0 bridgehead atoms. The van der Waals surface area contributed by atoms with E-state index in [1.165, 1.54) is 12.4 Å². The van der Waals surface area contributed by atoms with Gasteiger partial charge in [-0.05, 0) is 19.1 Å². The maximum atomic E-state index is 12.4. The van der Waals surface area contributed by atoms with Gasteiger partial charge in [0.1, 0.15) is 5.75 Å². The molecular weight excluding hydrogens is 362 g/mol. The fourth-order valence-electron chi connectivity index (χ4n) is 2.81. The van der Waals surface area contributed by atoms with Crippen LogP contribution in [0.15, 0.2) is 36.7 Å². The third kappa shape index (κ3) is 4.67. The number of carbonyl (C=O) groups is 2. The monoisotopic (exact) mass is 385 g/mol. The molecular formula is C19H23N5O4. The van der Waals surface area contributed by atoms with Crippen LogP contribution in [0.2, 0.25) is 0 Å². The van der Waals surface area contributed by atoms with Crippen LogP contribution < -0.4 is 15.0 Å². The minimum atomic E-state index is -0.299. The molecule has 2 amide bonds. The molecule has 2 heterocycles. The Kier molecular flexibility index (Phi) is 6.25. The van der Waals surface area contributed by atoms with E-state index in [-0.39, 0.29) is 12.0 Å². The third-order valence-corrected chi connectivity index (χ3v) is 4.32. The Balaban J connectivity index is 1.57. The first-order valence-corrected chi connectivity index (χ1v) is 9.04. The number of piperazine rings is 1. The summed E-state index contributed by atoms with van der Waals surface area (Å²) in [7, 11) is 1.57. The maximum absolute atomic E-state index is 12.4. The van der Waals surface area contributed by atoms with Crippen molar-refractivity contribution < 1.29 is 19.1 Å². The lowest BCUT2D eigenvalue weighted by molar-refractivity contribution is 0.102. The fraction of sp³-hybridized carbons (Fsp3) is 0.368. The van der Waals surface area contributed by atoms with Crippen LogP contribution in [-0.4, -0.2) is 66.8 Å². The van der Waals surface area contributed by atoms with Gasteiger partial charge in [0.25, 0.3) is 5.91 Å². The summed E-state index contributed by atoms with van der Waals surface area (Å²) in [5.74, 6) is 0.889. The van der Waals surface area contributed by atoms with Gasteiger partial charge in [-0.15, -0.1) is 0 Å². The minimum Gasteiger partial charge on any atom is -0.497 e. The van der Waals surface area contributed by atoms with Gasteiger partial charge in [0.15, 0.2) is 0 Å². The maximum Gasteiger partial charge on any atom is 0.409 e. The number of hydrogen-bond acceptors (Lipinski definition) is 7. The van der Waals surface area contributed by atoms with Gasteiger partial charge in [0.2, 0.25) is 5.95 Å². The summed E-state index contributed by atoms with van der Waals surface area (Å²) in [5.41, 5.74) is 0.986. The van der Waals surface area contributed by atoms with Crippen molar-refractivity contribution >= 4 is 23.6 Å². The molecule has 0 spiro atoms. The molecule has 148 valence electrons. The quantitative estimate of drug-likeness (QED) is 0.841. The van der Waals surface area contributed by atoms with E-state index in [1.54, 1.807) is 43.2 Å². The average molecular weight is 385 g/mol. The summed E-state index contributed by atoms with van der Waals surface area (Å²) < 4.78 is 10.2. The van der Waals surface area contributed by atoms with Crippen molar-refractivity contribution in [3.05, 3.63) is 42.2 Å². The van der Waals surface area contributed by atoms with Gasteiger partial charge in [-0.1, -0.05) is 6.07 Å². The zero-order chi connectivity index (χ0) is 19.9. The second kappa shape index (κ2) is 9.03. The van der Waals surface area contributed by atoms with Crippen LogP contribution in [0.1, 0.15) is 17.3 Å². The number of nitrogens with one attached hydrogen (secondary N) is 1. The molecule has 1 aliphatic heterocycles. The van der Waals surface area contributed by atoms with Crippen LogP contribution in [0.4, 0.5) is 16.4 Å². The second-order valence-electron chi connectivity index (χ2n) is 6.13. The molecule has 0 aliphatic carbocycles. The second-order valence-corrected chi connectivity index (χ2v) is 6.13. The van der Waals surface area contributed by atoms with E-state index >= 15 is 0 Å². The van der Waals surface area contributed by atoms with Crippen LogP contribution in [-0.2, 0) is 4.74 Å². The molecule has 0 atom stereocenters. The zero-order valence-corrected chi connectivity index (χ0v) is 15.9. The molecule has 1 saturated heterocycles. The molecule has 2 aromatic rings. The van der Waals surface area contributed by atoms with Crippen LogP contribution in [0.3, 0.4) is 0 Å². The van der Waals surface area contributed by atoms with Crippen molar-refractivity contribution in [2.75, 3.05) is 50.1 Å². The standard InChI is InChI=1S/C19H23N5O4/c1-3-28-19(26)24-9-7-23(8-10-24)18-20-12-14(13-21-18)17(25)22-15-5-4-6-16(11-15)27-2/h4-6,11-13H,3,7-10H2,1-2H3,(H,22,25). The van der Waals surface area contributed by atoms with E-state index in [0.29, 0.717) is 55.7 Å². The van der Waals surface area contributed by atoms with E-state index in [1.807, 2.05) is 4.90 Å². The molecule has 0 saturated carbocycles. The van der Waals surface area contributed by atoms with Crippen molar-refractivity contribution in [1.29, 1.82) is 0 Å². The van der Waals surface area contributed by atoms with Crippen LogP contribution >= 0.6 is 0 Å². The van der Waals surface area contributed by atoms with Crippen molar-refractivity contribution in [3.63, 3.8) is 0 Å². The van der Waals surface area contributed by atoms with Gasteiger partial charge in [0.05, 0.1) is 19.3 Å². The topological polar surface area (TPSA) is 96.9 Å². The Bertz CT molecular complexity index is 819. The predicted octanol–water partition coefficient (Wildman–Crippen LogP) is 2.02. The first-order chi connectivity index (χ1) is 13.6. The Hall–Kier alpha value is -3.36. The summed E-state index contributed by atoms with van der Waals surface area (Å²) in [6.45, 7) is 4.44. The van der Waals surface area contributed by atoms with E-state index in [4.69, 9.17) is 9.47 Å². The summed E-state index contributed by atoms with van der Waals surface area (Å²) in [5, 5.41) is 2.79. The highest BCUT2D eigenvalue weighted by atomic mass is 16.6. The van der Waals surface area contributed by atoms with Crippen LogP contribution in [0.5, 0.6) is 5.75 Å². The largest absolute Gasteiger partial charge is 0.497 e. The van der Waals surface area contributed by atoms with Gasteiger partial charge in [-0.25, -0.2) is 14.8 Å². The van der Waals surface area contributed by atoms with E-state index < -0.39 is 0 Å². The molecule has 0 unspecified atom stereocenters.